The zero-order valence-corrected chi connectivity index (χ0v) is 16.8. The van der Waals surface area contributed by atoms with Gasteiger partial charge in [0.2, 0.25) is 0 Å². The highest BCUT2D eigenvalue weighted by atomic mass is 32.1. The molecule has 0 atom stereocenters. The van der Waals surface area contributed by atoms with Crippen molar-refractivity contribution in [3.8, 4) is 5.75 Å². The molecule has 1 amide bonds. The van der Waals surface area contributed by atoms with Gasteiger partial charge in [-0.05, 0) is 62.0 Å². The molecule has 0 heterocycles. The van der Waals surface area contributed by atoms with E-state index < -0.39 is 0 Å². The topological polar surface area (TPSA) is 76.7 Å². The first-order valence-corrected chi connectivity index (χ1v) is 9.57. The summed E-state index contributed by atoms with van der Waals surface area (Å²) in [6, 6.07) is 13.7. The second kappa shape index (κ2) is 11.0. The second-order valence-electron chi connectivity index (χ2n) is 5.90. The van der Waals surface area contributed by atoms with Crippen molar-refractivity contribution in [1.82, 2.24) is 5.32 Å². The molecule has 6 nitrogen and oxygen atoms in total. The minimum absolute atomic E-state index is 0.150. The van der Waals surface area contributed by atoms with Crippen LogP contribution in [0.2, 0.25) is 0 Å². The van der Waals surface area contributed by atoms with Gasteiger partial charge >= 0.3 is 5.97 Å². The fourth-order valence-electron chi connectivity index (χ4n) is 2.34. The number of carbonyl (C=O) groups excluding carboxylic acids is 2. The number of hydrogen-bond acceptors (Lipinski definition) is 5. The number of hydrogen-bond donors (Lipinski definition) is 2. The molecule has 0 saturated heterocycles. The molecule has 0 fully saturated rings. The molecule has 0 radical (unpaired) electrons. The minimum Gasteiger partial charge on any atom is -0.493 e. The Labute approximate surface area is 170 Å². The average Bonchev–Trinajstić information content (AvgIpc) is 2.69. The van der Waals surface area contributed by atoms with E-state index in [9.17, 15) is 9.59 Å². The first kappa shape index (κ1) is 21.4. The van der Waals surface area contributed by atoms with Crippen molar-refractivity contribution in [1.29, 1.82) is 0 Å². The van der Waals surface area contributed by atoms with Crippen molar-refractivity contribution in [2.75, 3.05) is 18.5 Å². The Morgan fingerprint density at radius 2 is 1.75 bits per heavy atom. The molecule has 2 rings (SSSR count). The summed E-state index contributed by atoms with van der Waals surface area (Å²) in [6.07, 6.45) is 1.93. The smallest absolute Gasteiger partial charge is 0.338 e. The maximum atomic E-state index is 12.5. The molecule has 148 valence electrons. The molecule has 0 unspecified atom stereocenters. The average molecular weight is 401 g/mol. The summed E-state index contributed by atoms with van der Waals surface area (Å²) in [5.74, 6) is -0.215. The molecule has 0 aromatic heterocycles. The summed E-state index contributed by atoms with van der Waals surface area (Å²) in [5.41, 5.74) is 1.51. The zero-order valence-electron chi connectivity index (χ0n) is 16.0. The highest BCUT2D eigenvalue weighted by Crippen LogP contribution is 2.18. The lowest BCUT2D eigenvalue weighted by atomic mass is 10.2. The summed E-state index contributed by atoms with van der Waals surface area (Å²) >= 11 is 5.21. The van der Waals surface area contributed by atoms with Crippen molar-refractivity contribution in [2.24, 2.45) is 0 Å². The van der Waals surface area contributed by atoms with Gasteiger partial charge in [-0.2, -0.15) is 0 Å². The molecule has 2 aromatic carbocycles. The van der Waals surface area contributed by atoms with E-state index in [4.69, 9.17) is 21.7 Å². The Morgan fingerprint density at radius 3 is 2.43 bits per heavy atom. The van der Waals surface area contributed by atoms with Crippen LogP contribution in [-0.4, -0.2) is 30.2 Å². The summed E-state index contributed by atoms with van der Waals surface area (Å²) in [7, 11) is 0. The van der Waals surface area contributed by atoms with Crippen molar-refractivity contribution >= 4 is 34.9 Å². The van der Waals surface area contributed by atoms with Gasteiger partial charge in [-0.25, -0.2) is 4.79 Å². The van der Waals surface area contributed by atoms with Crippen LogP contribution in [0.25, 0.3) is 0 Å². The van der Waals surface area contributed by atoms with E-state index in [2.05, 4.69) is 17.6 Å². The van der Waals surface area contributed by atoms with E-state index in [1.165, 1.54) is 0 Å². The molecule has 0 saturated carbocycles. The van der Waals surface area contributed by atoms with Gasteiger partial charge in [-0.15, -0.1) is 0 Å². The lowest BCUT2D eigenvalue weighted by molar-refractivity contribution is 0.0526. The summed E-state index contributed by atoms with van der Waals surface area (Å²) in [5, 5.41) is 5.71. The molecule has 2 N–H and O–H groups in total. The molecule has 0 bridgehead atoms. The number of amides is 1. The summed E-state index contributed by atoms with van der Waals surface area (Å²) in [6.45, 7) is 4.70. The predicted octanol–water partition coefficient (Wildman–Crippen LogP) is 4.17. The fourth-order valence-corrected chi connectivity index (χ4v) is 2.55. The number of nitrogens with one attached hydrogen (secondary N) is 2. The number of para-hydroxylation sites is 1. The van der Waals surface area contributed by atoms with Gasteiger partial charge in [0.05, 0.1) is 24.3 Å². The van der Waals surface area contributed by atoms with E-state index in [0.717, 1.165) is 12.8 Å². The maximum Gasteiger partial charge on any atom is 0.338 e. The summed E-state index contributed by atoms with van der Waals surface area (Å²) in [4.78, 5) is 24.2. The van der Waals surface area contributed by atoms with Gasteiger partial charge in [-0.1, -0.05) is 25.5 Å². The first-order valence-electron chi connectivity index (χ1n) is 9.16. The van der Waals surface area contributed by atoms with Gasteiger partial charge in [0.25, 0.3) is 5.91 Å². The van der Waals surface area contributed by atoms with Crippen LogP contribution in [0.5, 0.6) is 5.75 Å². The molecule has 0 aliphatic rings. The number of carbonyl (C=O) groups is 2. The normalized spacial score (nSPS) is 10.1. The Kier molecular flexibility index (Phi) is 8.42. The van der Waals surface area contributed by atoms with Crippen molar-refractivity contribution < 1.29 is 19.1 Å². The van der Waals surface area contributed by atoms with Crippen LogP contribution in [-0.2, 0) is 4.74 Å². The maximum absolute atomic E-state index is 12.5. The van der Waals surface area contributed by atoms with Gasteiger partial charge in [0.15, 0.2) is 5.11 Å². The molecule has 0 spiro atoms. The minimum atomic E-state index is -0.385. The monoisotopic (exact) mass is 400 g/mol. The Morgan fingerprint density at radius 1 is 1.04 bits per heavy atom. The van der Waals surface area contributed by atoms with Gasteiger partial charge in [0, 0.05) is 5.69 Å². The van der Waals surface area contributed by atoms with Crippen molar-refractivity contribution in [3.05, 3.63) is 59.7 Å². The lowest BCUT2D eigenvalue weighted by Crippen LogP contribution is -2.34. The lowest BCUT2D eigenvalue weighted by Gasteiger charge is -2.13. The largest absolute Gasteiger partial charge is 0.493 e. The van der Waals surface area contributed by atoms with Crippen LogP contribution in [0.15, 0.2) is 48.5 Å². The molecule has 0 aliphatic carbocycles. The SMILES string of the molecule is CCCCOc1ccccc1C(=O)NC(=S)Nc1ccc(C(=O)OCC)cc1. The fraction of sp³-hybridized carbons (Fsp3) is 0.286. The Hall–Kier alpha value is -2.93. The number of benzene rings is 2. The van der Waals surface area contributed by atoms with E-state index >= 15 is 0 Å². The second-order valence-corrected chi connectivity index (χ2v) is 6.31. The number of rotatable bonds is 8. The highest BCUT2D eigenvalue weighted by molar-refractivity contribution is 7.80. The van der Waals surface area contributed by atoms with Gasteiger partial charge in [-0.3, -0.25) is 10.1 Å². The third-order valence-corrected chi connectivity index (χ3v) is 3.97. The van der Waals surface area contributed by atoms with Gasteiger partial charge < -0.3 is 14.8 Å². The predicted molar refractivity (Wildman–Crippen MR) is 113 cm³/mol. The van der Waals surface area contributed by atoms with Crippen LogP contribution in [0.1, 0.15) is 47.4 Å². The van der Waals surface area contributed by atoms with Crippen LogP contribution < -0.4 is 15.4 Å². The highest BCUT2D eigenvalue weighted by Gasteiger charge is 2.14. The van der Waals surface area contributed by atoms with Crippen LogP contribution >= 0.6 is 12.2 Å². The standard InChI is InChI=1S/C21H24N2O4S/c1-3-5-14-27-18-9-7-6-8-17(18)19(24)23-21(28)22-16-12-10-15(11-13-16)20(25)26-4-2/h6-13H,3-5,14H2,1-2H3,(H2,22,23,24,28). The molecule has 28 heavy (non-hydrogen) atoms. The van der Waals surface area contributed by atoms with Crippen LogP contribution in [0.4, 0.5) is 5.69 Å². The van der Waals surface area contributed by atoms with Crippen molar-refractivity contribution in [2.45, 2.75) is 26.7 Å². The number of unbranched alkanes of at least 4 members (excludes halogenated alkanes) is 1. The third-order valence-electron chi connectivity index (χ3n) is 3.77. The third kappa shape index (κ3) is 6.35. The van der Waals surface area contributed by atoms with E-state index in [-0.39, 0.29) is 17.0 Å². The molecule has 7 heteroatoms. The Bertz CT molecular complexity index is 821. The number of thiocarbonyl (C=S) groups is 1. The number of ether oxygens (including phenoxy) is 2. The van der Waals surface area contributed by atoms with Gasteiger partial charge in [0.1, 0.15) is 5.75 Å². The molecule has 2 aromatic rings. The number of esters is 1. The molecule has 0 aliphatic heterocycles. The zero-order chi connectivity index (χ0) is 20.4. The first-order chi connectivity index (χ1) is 13.5. The van der Waals surface area contributed by atoms with E-state index in [1.807, 2.05) is 6.07 Å². The number of anilines is 1. The summed E-state index contributed by atoms with van der Waals surface area (Å²) < 4.78 is 10.6. The van der Waals surface area contributed by atoms with Crippen LogP contribution in [0, 0.1) is 0 Å². The molecular formula is C21H24N2O4S. The quantitative estimate of drug-likeness (QED) is 0.393. The van der Waals surface area contributed by atoms with Crippen LogP contribution in [0.3, 0.4) is 0 Å². The van der Waals surface area contributed by atoms with E-state index in [1.54, 1.807) is 49.4 Å². The Balaban J connectivity index is 1.96. The molecular weight excluding hydrogens is 376 g/mol. The van der Waals surface area contributed by atoms with E-state index in [0.29, 0.717) is 35.8 Å². The van der Waals surface area contributed by atoms with Crippen molar-refractivity contribution in [3.63, 3.8) is 0 Å².